The van der Waals surface area contributed by atoms with Gasteiger partial charge in [-0.15, -0.1) is 0 Å². The van der Waals surface area contributed by atoms with Crippen LogP contribution in [0.3, 0.4) is 0 Å². The van der Waals surface area contributed by atoms with Crippen molar-refractivity contribution in [1.29, 1.82) is 0 Å². The maximum atomic E-state index is 12.9. The van der Waals surface area contributed by atoms with Crippen molar-refractivity contribution in [3.8, 4) is 0 Å². The van der Waals surface area contributed by atoms with E-state index in [0.29, 0.717) is 19.6 Å². The lowest BCUT2D eigenvalue weighted by atomic mass is 9.83. The summed E-state index contributed by atoms with van der Waals surface area (Å²) >= 11 is 0. The van der Waals surface area contributed by atoms with Crippen LogP contribution in [-0.2, 0) is 32.6 Å². The number of nitrogens with one attached hydrogen (secondary N) is 2. The van der Waals surface area contributed by atoms with Crippen LogP contribution in [0, 0.1) is 0 Å². The van der Waals surface area contributed by atoms with Crippen molar-refractivity contribution in [3.05, 3.63) is 59.3 Å². The summed E-state index contributed by atoms with van der Waals surface area (Å²) in [5.74, 6) is -0.279. The van der Waals surface area contributed by atoms with Crippen molar-refractivity contribution >= 4 is 17.7 Å². The molecule has 8 heteroatoms. The monoisotopic (exact) mass is 494 g/mol. The van der Waals surface area contributed by atoms with E-state index in [9.17, 15) is 14.7 Å². The van der Waals surface area contributed by atoms with Crippen LogP contribution >= 0.6 is 0 Å². The molecule has 0 spiro atoms. The molecular formula is C28H38N4O4. The predicted molar refractivity (Wildman–Crippen MR) is 139 cm³/mol. The third-order valence-corrected chi connectivity index (χ3v) is 7.29. The Morgan fingerprint density at radius 2 is 2.06 bits per heavy atom. The summed E-state index contributed by atoms with van der Waals surface area (Å²) in [5, 5.41) is 15.8. The standard InChI is InChI=1S/C28H38N4O4/c1-28(2,21-8-4-3-5-9-21)27(35)31-24(26(33)34)13-17-32-16-12-23(19-32)36-18-14-22-11-10-20-7-6-15-29-25(20)30-22/h3-5,8-11,23-24H,6-7,12-19H2,1-2H3,(H,29,30)(H,31,35)(H,33,34)/t23-,24?/m1/s1. The van der Waals surface area contributed by atoms with Crippen molar-refractivity contribution in [2.75, 3.05) is 38.1 Å². The number of carbonyl (C=O) groups is 2. The van der Waals surface area contributed by atoms with Gasteiger partial charge < -0.3 is 25.4 Å². The molecule has 8 nitrogen and oxygen atoms in total. The van der Waals surface area contributed by atoms with Gasteiger partial charge >= 0.3 is 5.97 Å². The Morgan fingerprint density at radius 3 is 2.83 bits per heavy atom. The Labute approximate surface area is 213 Å². The summed E-state index contributed by atoms with van der Waals surface area (Å²) < 4.78 is 6.11. The summed E-state index contributed by atoms with van der Waals surface area (Å²) in [6.07, 6.45) is 4.42. The van der Waals surface area contributed by atoms with E-state index < -0.39 is 17.4 Å². The number of carboxylic acid groups (broad SMARTS) is 1. The lowest BCUT2D eigenvalue weighted by molar-refractivity contribution is -0.142. The number of benzene rings is 1. The van der Waals surface area contributed by atoms with E-state index in [1.54, 1.807) is 0 Å². The molecule has 36 heavy (non-hydrogen) atoms. The van der Waals surface area contributed by atoms with Gasteiger partial charge in [0.2, 0.25) is 5.91 Å². The lowest BCUT2D eigenvalue weighted by Crippen LogP contribution is -2.49. The molecule has 2 atom stereocenters. The number of aliphatic carboxylic acids is 1. The number of aromatic nitrogens is 1. The fraction of sp³-hybridized carbons (Fsp3) is 0.536. The van der Waals surface area contributed by atoms with Crippen LogP contribution in [-0.4, -0.2) is 71.8 Å². The van der Waals surface area contributed by atoms with Gasteiger partial charge in [-0.25, -0.2) is 9.78 Å². The number of hydrogen-bond donors (Lipinski definition) is 3. The molecular weight excluding hydrogens is 456 g/mol. The molecule has 4 rings (SSSR count). The Balaban J connectivity index is 1.20. The topological polar surface area (TPSA) is 104 Å². The van der Waals surface area contributed by atoms with Crippen LogP contribution in [0.4, 0.5) is 5.82 Å². The highest BCUT2D eigenvalue weighted by atomic mass is 16.5. The maximum absolute atomic E-state index is 12.9. The minimum Gasteiger partial charge on any atom is -0.480 e. The molecule has 1 fully saturated rings. The second kappa shape index (κ2) is 11.8. The first kappa shape index (κ1) is 26.1. The molecule has 1 aromatic heterocycles. The van der Waals surface area contributed by atoms with Crippen LogP contribution in [0.1, 0.15) is 49.9 Å². The quantitative estimate of drug-likeness (QED) is 0.441. The fourth-order valence-electron chi connectivity index (χ4n) is 4.87. The number of anilines is 1. The van der Waals surface area contributed by atoms with Crippen molar-refractivity contribution in [2.45, 2.75) is 63.5 Å². The number of pyridine rings is 1. The molecule has 0 aliphatic carbocycles. The van der Waals surface area contributed by atoms with Crippen LogP contribution in [0.15, 0.2) is 42.5 Å². The van der Waals surface area contributed by atoms with Gasteiger partial charge in [-0.2, -0.15) is 0 Å². The Bertz CT molecular complexity index is 1040. The molecule has 2 aliphatic heterocycles. The molecule has 1 unspecified atom stereocenters. The largest absolute Gasteiger partial charge is 0.480 e. The van der Waals surface area contributed by atoms with Gasteiger partial charge in [-0.1, -0.05) is 36.4 Å². The van der Waals surface area contributed by atoms with Gasteiger partial charge in [0.25, 0.3) is 0 Å². The summed E-state index contributed by atoms with van der Waals surface area (Å²) in [5.41, 5.74) is 2.37. The van der Waals surface area contributed by atoms with Crippen molar-refractivity contribution in [1.82, 2.24) is 15.2 Å². The maximum Gasteiger partial charge on any atom is 0.326 e. The number of carbonyl (C=O) groups excluding carboxylic acids is 1. The van der Waals surface area contributed by atoms with Gasteiger partial charge in [0.1, 0.15) is 11.9 Å². The molecule has 194 valence electrons. The number of aryl methyl sites for hydroxylation is 1. The van der Waals surface area contributed by atoms with Gasteiger partial charge in [0, 0.05) is 38.3 Å². The van der Waals surface area contributed by atoms with Gasteiger partial charge in [-0.3, -0.25) is 4.79 Å². The zero-order valence-corrected chi connectivity index (χ0v) is 21.3. The summed E-state index contributed by atoms with van der Waals surface area (Å²) in [4.78, 5) is 31.7. The van der Waals surface area contributed by atoms with Crippen molar-refractivity contribution < 1.29 is 19.4 Å². The number of fused-ring (bicyclic) bond motifs is 1. The zero-order chi connectivity index (χ0) is 25.5. The van der Waals surface area contributed by atoms with Crippen molar-refractivity contribution in [2.24, 2.45) is 0 Å². The minimum atomic E-state index is -1.01. The Hall–Kier alpha value is -2.97. The first-order valence-corrected chi connectivity index (χ1v) is 13.0. The van der Waals surface area contributed by atoms with E-state index in [1.807, 2.05) is 44.2 Å². The van der Waals surface area contributed by atoms with Gasteiger partial charge in [0.15, 0.2) is 0 Å². The first-order chi connectivity index (χ1) is 17.3. The summed E-state index contributed by atoms with van der Waals surface area (Å²) in [6, 6.07) is 12.8. The average molecular weight is 495 g/mol. The second-order valence-electron chi connectivity index (χ2n) is 10.3. The molecule has 1 aromatic carbocycles. The summed E-state index contributed by atoms with van der Waals surface area (Å²) in [6.45, 7) is 7.46. The lowest BCUT2D eigenvalue weighted by Gasteiger charge is -2.27. The molecule has 3 heterocycles. The molecule has 1 amide bonds. The molecule has 0 radical (unpaired) electrons. The van der Waals surface area contributed by atoms with E-state index in [2.05, 4.69) is 27.7 Å². The minimum absolute atomic E-state index is 0.135. The first-order valence-electron chi connectivity index (χ1n) is 13.0. The molecule has 0 saturated carbocycles. The number of likely N-dealkylation sites (tertiary alicyclic amines) is 1. The SMILES string of the molecule is CC(C)(C(=O)NC(CCN1CC[C@@H](OCCc2ccc3c(n2)NCCC3)C1)C(=O)O)c1ccccc1. The number of nitrogens with zero attached hydrogens (tertiary/aromatic N) is 2. The highest BCUT2D eigenvalue weighted by molar-refractivity contribution is 5.90. The smallest absolute Gasteiger partial charge is 0.326 e. The van der Waals surface area contributed by atoms with Crippen LogP contribution in [0.2, 0.25) is 0 Å². The number of amides is 1. The van der Waals surface area contributed by atoms with Crippen LogP contribution < -0.4 is 10.6 Å². The fourth-order valence-corrected chi connectivity index (χ4v) is 4.87. The van der Waals surface area contributed by atoms with E-state index >= 15 is 0 Å². The van der Waals surface area contributed by atoms with E-state index in [4.69, 9.17) is 9.72 Å². The normalized spacial score (nSPS) is 18.8. The Morgan fingerprint density at radius 1 is 1.25 bits per heavy atom. The molecule has 2 aromatic rings. The molecule has 2 aliphatic rings. The van der Waals surface area contributed by atoms with Gasteiger partial charge in [-0.05, 0) is 56.7 Å². The Kier molecular flexibility index (Phi) is 8.59. The van der Waals surface area contributed by atoms with E-state index in [-0.39, 0.29) is 12.0 Å². The third-order valence-electron chi connectivity index (χ3n) is 7.29. The highest BCUT2D eigenvalue weighted by Crippen LogP contribution is 2.24. The van der Waals surface area contributed by atoms with E-state index in [0.717, 1.165) is 62.4 Å². The predicted octanol–water partition coefficient (Wildman–Crippen LogP) is 3.01. The van der Waals surface area contributed by atoms with Gasteiger partial charge in [0.05, 0.1) is 18.1 Å². The second-order valence-corrected chi connectivity index (χ2v) is 10.3. The number of ether oxygens (including phenoxy) is 1. The number of hydrogen-bond acceptors (Lipinski definition) is 6. The highest BCUT2D eigenvalue weighted by Gasteiger charge is 2.33. The molecule has 1 saturated heterocycles. The zero-order valence-electron chi connectivity index (χ0n) is 21.3. The van der Waals surface area contributed by atoms with Crippen LogP contribution in [0.5, 0.6) is 0 Å². The molecule has 0 bridgehead atoms. The third kappa shape index (κ3) is 6.62. The van der Waals surface area contributed by atoms with E-state index in [1.165, 1.54) is 5.56 Å². The number of carboxylic acids is 1. The summed E-state index contributed by atoms with van der Waals surface area (Å²) in [7, 11) is 0. The average Bonchev–Trinajstić information content (AvgIpc) is 3.34. The van der Waals surface area contributed by atoms with Crippen molar-refractivity contribution in [3.63, 3.8) is 0 Å². The molecule has 3 N–H and O–H groups in total. The van der Waals surface area contributed by atoms with Crippen LogP contribution in [0.25, 0.3) is 0 Å². The number of rotatable bonds is 11.